The summed E-state index contributed by atoms with van der Waals surface area (Å²) in [6.45, 7) is 5.81. The molecule has 0 saturated carbocycles. The quantitative estimate of drug-likeness (QED) is 0.558. The van der Waals surface area contributed by atoms with Gasteiger partial charge in [-0.05, 0) is 6.42 Å². The number of carboxylic acid groups (broad SMARTS) is 1. The van der Waals surface area contributed by atoms with Gasteiger partial charge in [0.1, 0.15) is 0 Å². The first-order valence-corrected chi connectivity index (χ1v) is 4.34. The average molecular weight is 200 g/mol. The van der Waals surface area contributed by atoms with Crippen LogP contribution in [-0.2, 0) is 9.59 Å². The maximum Gasteiger partial charge on any atom is 0.317 e. The van der Waals surface area contributed by atoms with Crippen molar-refractivity contribution in [1.82, 2.24) is 4.90 Å². The first-order chi connectivity index (χ1) is 6.45. The summed E-state index contributed by atoms with van der Waals surface area (Å²) in [6.07, 6.45) is 0.759. The van der Waals surface area contributed by atoms with Gasteiger partial charge in [0.05, 0.1) is 13.1 Å². The van der Waals surface area contributed by atoms with Crippen molar-refractivity contribution in [3.8, 4) is 0 Å². The number of amides is 1. The molecular formula is C9H16N2O3. The van der Waals surface area contributed by atoms with E-state index in [1.807, 2.05) is 6.92 Å². The van der Waals surface area contributed by atoms with E-state index in [1.54, 1.807) is 0 Å². The van der Waals surface area contributed by atoms with Crippen LogP contribution in [0.2, 0.25) is 0 Å². The fourth-order valence-corrected chi connectivity index (χ4v) is 1.01. The molecule has 0 aromatic heterocycles. The molecule has 5 heteroatoms. The molecule has 0 heterocycles. The molecule has 0 bridgehead atoms. The number of primary amides is 1. The third-order valence-corrected chi connectivity index (χ3v) is 1.69. The van der Waals surface area contributed by atoms with Crippen LogP contribution in [0.25, 0.3) is 0 Å². The predicted octanol–water partition coefficient (Wildman–Crippen LogP) is -0.175. The van der Waals surface area contributed by atoms with E-state index in [9.17, 15) is 9.59 Å². The lowest BCUT2D eigenvalue weighted by Crippen LogP contribution is -2.38. The topological polar surface area (TPSA) is 83.6 Å². The minimum Gasteiger partial charge on any atom is -0.480 e. The summed E-state index contributed by atoms with van der Waals surface area (Å²) in [7, 11) is 0. The highest BCUT2D eigenvalue weighted by Crippen LogP contribution is 2.00. The number of nitrogens with two attached hydrogens (primary N) is 1. The highest BCUT2D eigenvalue weighted by atomic mass is 16.4. The van der Waals surface area contributed by atoms with E-state index in [-0.39, 0.29) is 13.1 Å². The molecule has 0 spiro atoms. The van der Waals surface area contributed by atoms with E-state index in [0.717, 1.165) is 12.0 Å². The van der Waals surface area contributed by atoms with Crippen LogP contribution in [-0.4, -0.2) is 41.5 Å². The lowest BCUT2D eigenvalue weighted by atomic mass is 10.2. The number of nitrogens with zero attached hydrogens (tertiary/aromatic N) is 1. The van der Waals surface area contributed by atoms with E-state index in [1.165, 1.54) is 4.90 Å². The third kappa shape index (κ3) is 6.19. The minimum atomic E-state index is -0.977. The van der Waals surface area contributed by atoms with E-state index in [4.69, 9.17) is 10.8 Å². The summed E-state index contributed by atoms with van der Waals surface area (Å²) in [5, 5.41) is 8.56. The molecular weight excluding hydrogens is 184 g/mol. The average Bonchev–Trinajstić information content (AvgIpc) is 2.01. The predicted molar refractivity (Wildman–Crippen MR) is 52.7 cm³/mol. The number of hydrogen-bond acceptors (Lipinski definition) is 3. The van der Waals surface area contributed by atoms with Gasteiger partial charge in [-0.15, -0.1) is 0 Å². The SMILES string of the molecule is C=C(CC)CN(CC(N)=O)CC(=O)O. The second kappa shape index (κ2) is 6.15. The summed E-state index contributed by atoms with van der Waals surface area (Å²) < 4.78 is 0. The Morgan fingerprint density at radius 3 is 2.29 bits per heavy atom. The van der Waals surface area contributed by atoms with Crippen LogP contribution in [0.15, 0.2) is 12.2 Å². The van der Waals surface area contributed by atoms with Gasteiger partial charge in [-0.25, -0.2) is 0 Å². The van der Waals surface area contributed by atoms with Crippen molar-refractivity contribution in [2.24, 2.45) is 5.73 Å². The van der Waals surface area contributed by atoms with E-state index in [2.05, 4.69) is 6.58 Å². The second-order valence-electron chi connectivity index (χ2n) is 3.11. The minimum absolute atomic E-state index is 0.0503. The Kier molecular flexibility index (Phi) is 5.55. The summed E-state index contributed by atoms with van der Waals surface area (Å²) in [5.74, 6) is -1.51. The van der Waals surface area contributed by atoms with Gasteiger partial charge in [0.15, 0.2) is 0 Å². The second-order valence-corrected chi connectivity index (χ2v) is 3.11. The van der Waals surface area contributed by atoms with Crippen LogP contribution < -0.4 is 5.73 Å². The molecule has 5 nitrogen and oxygen atoms in total. The molecule has 14 heavy (non-hydrogen) atoms. The fraction of sp³-hybridized carbons (Fsp3) is 0.556. The van der Waals surface area contributed by atoms with Crippen molar-refractivity contribution in [3.05, 3.63) is 12.2 Å². The summed E-state index contributed by atoms with van der Waals surface area (Å²) in [4.78, 5) is 22.5. The highest BCUT2D eigenvalue weighted by Gasteiger charge is 2.12. The molecule has 0 fully saturated rings. The molecule has 0 radical (unpaired) electrons. The van der Waals surface area contributed by atoms with Crippen LogP contribution in [0, 0.1) is 0 Å². The molecule has 1 amide bonds. The maximum absolute atomic E-state index is 10.6. The molecule has 0 rings (SSSR count). The fourth-order valence-electron chi connectivity index (χ4n) is 1.01. The zero-order valence-corrected chi connectivity index (χ0v) is 8.32. The zero-order valence-electron chi connectivity index (χ0n) is 8.32. The zero-order chi connectivity index (χ0) is 11.1. The van der Waals surface area contributed by atoms with Gasteiger partial charge in [-0.3, -0.25) is 14.5 Å². The first-order valence-electron chi connectivity index (χ1n) is 4.34. The highest BCUT2D eigenvalue weighted by molar-refractivity contribution is 5.77. The maximum atomic E-state index is 10.6. The van der Waals surface area contributed by atoms with Gasteiger partial charge >= 0.3 is 5.97 Å². The van der Waals surface area contributed by atoms with Gasteiger partial charge in [0.2, 0.25) is 5.91 Å². The smallest absolute Gasteiger partial charge is 0.317 e. The summed E-state index contributed by atoms with van der Waals surface area (Å²) in [5.41, 5.74) is 5.86. The Hall–Kier alpha value is -1.36. The van der Waals surface area contributed by atoms with Crippen molar-refractivity contribution in [1.29, 1.82) is 0 Å². The molecule has 0 aliphatic carbocycles. The Morgan fingerprint density at radius 1 is 1.36 bits per heavy atom. The first kappa shape index (κ1) is 12.6. The Labute approximate surface area is 83.2 Å². The molecule has 0 aliphatic heterocycles. The number of carboxylic acids is 1. The standard InChI is InChI=1S/C9H16N2O3/c1-3-7(2)4-11(5-8(10)12)6-9(13)14/h2-6H2,1H3,(H2,10,12)(H,13,14). The van der Waals surface area contributed by atoms with E-state index in [0.29, 0.717) is 6.54 Å². The molecule has 0 unspecified atom stereocenters. The van der Waals surface area contributed by atoms with Gasteiger partial charge in [0.25, 0.3) is 0 Å². The van der Waals surface area contributed by atoms with E-state index >= 15 is 0 Å². The van der Waals surface area contributed by atoms with Crippen LogP contribution in [0.1, 0.15) is 13.3 Å². The van der Waals surface area contributed by atoms with Crippen LogP contribution in [0.4, 0.5) is 0 Å². The molecule has 0 aromatic carbocycles. The number of aliphatic carboxylic acids is 1. The largest absolute Gasteiger partial charge is 0.480 e. The van der Waals surface area contributed by atoms with Crippen molar-refractivity contribution in [2.75, 3.05) is 19.6 Å². The Balaban J connectivity index is 4.16. The van der Waals surface area contributed by atoms with Crippen molar-refractivity contribution >= 4 is 11.9 Å². The van der Waals surface area contributed by atoms with E-state index < -0.39 is 11.9 Å². The van der Waals surface area contributed by atoms with Crippen molar-refractivity contribution in [3.63, 3.8) is 0 Å². The number of hydrogen-bond donors (Lipinski definition) is 2. The molecule has 80 valence electrons. The summed E-state index contributed by atoms with van der Waals surface area (Å²) in [6, 6.07) is 0. The Morgan fingerprint density at radius 2 is 1.93 bits per heavy atom. The van der Waals surface area contributed by atoms with Gasteiger partial charge in [0, 0.05) is 6.54 Å². The van der Waals surface area contributed by atoms with Gasteiger partial charge < -0.3 is 10.8 Å². The lowest BCUT2D eigenvalue weighted by molar-refractivity contribution is -0.138. The third-order valence-electron chi connectivity index (χ3n) is 1.69. The van der Waals surface area contributed by atoms with Crippen molar-refractivity contribution < 1.29 is 14.7 Å². The summed E-state index contributed by atoms with van der Waals surface area (Å²) >= 11 is 0. The number of carbonyl (C=O) groups is 2. The van der Waals surface area contributed by atoms with Crippen molar-refractivity contribution in [2.45, 2.75) is 13.3 Å². The molecule has 0 atom stereocenters. The molecule has 0 saturated heterocycles. The Bertz CT molecular complexity index is 222. The van der Waals surface area contributed by atoms with Gasteiger partial charge in [-0.2, -0.15) is 0 Å². The molecule has 3 N–H and O–H groups in total. The number of rotatable bonds is 7. The normalized spacial score (nSPS) is 10.1. The molecule has 0 aliphatic rings. The number of carbonyl (C=O) groups excluding carboxylic acids is 1. The molecule has 0 aromatic rings. The van der Waals surface area contributed by atoms with Gasteiger partial charge in [-0.1, -0.05) is 19.1 Å². The lowest BCUT2D eigenvalue weighted by Gasteiger charge is -2.18. The monoisotopic (exact) mass is 200 g/mol. The van der Waals surface area contributed by atoms with Crippen LogP contribution in [0.5, 0.6) is 0 Å². The van der Waals surface area contributed by atoms with Crippen LogP contribution in [0.3, 0.4) is 0 Å². The van der Waals surface area contributed by atoms with Crippen LogP contribution >= 0.6 is 0 Å².